The Bertz CT molecular complexity index is 2790. The Labute approximate surface area is 277 Å². The third-order valence-electron chi connectivity index (χ3n) is 10.3. The normalized spacial score (nSPS) is 17.7. The van der Waals surface area contributed by atoms with Crippen molar-refractivity contribution in [3.05, 3.63) is 156 Å². The fraction of sp³-hybridized carbons (Fsp3) is 0.0909. The van der Waals surface area contributed by atoms with E-state index < -0.39 is 0 Å². The standard InChI is InChI=1S/C44H30N2O2/c1-26-17-20-32(30-11-4-3-10-29(26)30)42-44(2)23-8-7-16-40(44)45-43(46-42)33-13-9-15-39-41(33)35-25-28(19-22-38(35)48-39)27-18-21-37-34(24-27)31-12-5-6-14-36(31)47-37/h3-22,24-25H,23H2,1-2H3. The Morgan fingerprint density at radius 1 is 0.583 bits per heavy atom. The minimum absolute atomic E-state index is 0.342. The fourth-order valence-electron chi connectivity index (χ4n) is 7.73. The molecule has 1 atom stereocenters. The van der Waals surface area contributed by atoms with Crippen molar-refractivity contribution in [3.8, 4) is 11.1 Å². The Morgan fingerprint density at radius 3 is 2.12 bits per heavy atom. The molecule has 8 aromatic rings. The highest BCUT2D eigenvalue weighted by atomic mass is 16.3. The van der Waals surface area contributed by atoms with Crippen LogP contribution in [0.5, 0.6) is 0 Å². The van der Waals surface area contributed by atoms with Crippen molar-refractivity contribution >= 4 is 66.2 Å². The number of amidine groups is 1. The molecular formula is C44H30N2O2. The molecule has 0 saturated carbocycles. The van der Waals surface area contributed by atoms with Gasteiger partial charge in [-0.3, -0.25) is 0 Å². The topological polar surface area (TPSA) is 51.0 Å². The van der Waals surface area contributed by atoms with Gasteiger partial charge in [0.05, 0.1) is 16.8 Å². The number of aliphatic imine (C=N–C) groups is 2. The van der Waals surface area contributed by atoms with Crippen LogP contribution in [0.3, 0.4) is 0 Å². The SMILES string of the molecule is Cc1ccc(C2=NC(c3cccc4oc5ccc(-c6ccc7oc8ccccc8c7c6)cc5c34)=NC3=CC=CCC32C)c2ccccc12. The molecule has 1 unspecified atom stereocenters. The molecule has 2 aliphatic rings. The van der Waals surface area contributed by atoms with Crippen LogP contribution in [0.2, 0.25) is 0 Å². The maximum atomic E-state index is 6.45. The molecule has 4 nitrogen and oxygen atoms in total. The monoisotopic (exact) mass is 618 g/mol. The lowest BCUT2D eigenvalue weighted by atomic mass is 9.72. The van der Waals surface area contributed by atoms with Gasteiger partial charge >= 0.3 is 0 Å². The number of hydrogen-bond donors (Lipinski definition) is 0. The highest BCUT2D eigenvalue weighted by Crippen LogP contribution is 2.45. The van der Waals surface area contributed by atoms with Gasteiger partial charge in [-0.1, -0.05) is 91.0 Å². The average Bonchev–Trinajstić information content (AvgIpc) is 3.69. The average molecular weight is 619 g/mol. The van der Waals surface area contributed by atoms with E-state index in [0.29, 0.717) is 5.84 Å². The van der Waals surface area contributed by atoms with Gasteiger partial charge in [0, 0.05) is 32.7 Å². The Kier molecular flexibility index (Phi) is 5.65. The number of furan rings is 2. The minimum atomic E-state index is -0.342. The smallest absolute Gasteiger partial charge is 0.160 e. The molecule has 1 aliphatic carbocycles. The molecule has 0 amide bonds. The first-order valence-electron chi connectivity index (χ1n) is 16.5. The molecule has 3 heterocycles. The molecule has 4 heteroatoms. The Hall–Kier alpha value is -6.00. The van der Waals surface area contributed by atoms with Crippen LogP contribution < -0.4 is 0 Å². The minimum Gasteiger partial charge on any atom is -0.456 e. The highest BCUT2D eigenvalue weighted by Gasteiger charge is 2.40. The molecule has 0 radical (unpaired) electrons. The van der Waals surface area contributed by atoms with Crippen LogP contribution in [-0.4, -0.2) is 11.5 Å². The summed E-state index contributed by atoms with van der Waals surface area (Å²) in [6.07, 6.45) is 7.34. The molecule has 0 N–H and O–H groups in total. The third kappa shape index (κ3) is 3.89. The summed E-state index contributed by atoms with van der Waals surface area (Å²) >= 11 is 0. The maximum absolute atomic E-state index is 6.45. The lowest BCUT2D eigenvalue weighted by Crippen LogP contribution is -2.35. The second kappa shape index (κ2) is 10.00. The Morgan fingerprint density at radius 2 is 1.27 bits per heavy atom. The second-order valence-electron chi connectivity index (χ2n) is 13.2. The summed E-state index contributed by atoms with van der Waals surface area (Å²) in [6, 6.07) is 40.4. The van der Waals surface area contributed by atoms with Gasteiger partial charge in [-0.25, -0.2) is 9.98 Å². The fourth-order valence-corrected chi connectivity index (χ4v) is 7.73. The van der Waals surface area contributed by atoms with Crippen LogP contribution in [0.25, 0.3) is 65.8 Å². The van der Waals surface area contributed by atoms with Gasteiger partial charge in [0.2, 0.25) is 0 Å². The summed E-state index contributed by atoms with van der Waals surface area (Å²) in [5.41, 5.74) is 10.8. The Balaban J connectivity index is 1.18. The zero-order valence-electron chi connectivity index (χ0n) is 26.6. The zero-order chi connectivity index (χ0) is 32.0. The number of para-hydroxylation sites is 1. The van der Waals surface area contributed by atoms with Crippen molar-refractivity contribution in [2.24, 2.45) is 15.4 Å². The van der Waals surface area contributed by atoms with E-state index in [4.69, 9.17) is 18.8 Å². The number of aryl methyl sites for hydroxylation is 1. The van der Waals surface area contributed by atoms with Crippen LogP contribution in [0.1, 0.15) is 30.0 Å². The first-order valence-corrected chi connectivity index (χ1v) is 16.5. The van der Waals surface area contributed by atoms with Gasteiger partial charge in [0.15, 0.2) is 5.84 Å². The molecule has 10 rings (SSSR count). The maximum Gasteiger partial charge on any atom is 0.160 e. The van der Waals surface area contributed by atoms with Crippen molar-refractivity contribution in [2.45, 2.75) is 20.3 Å². The predicted octanol–water partition coefficient (Wildman–Crippen LogP) is 11.7. The van der Waals surface area contributed by atoms with Crippen molar-refractivity contribution < 1.29 is 8.83 Å². The van der Waals surface area contributed by atoms with Crippen molar-refractivity contribution in [2.75, 3.05) is 0 Å². The van der Waals surface area contributed by atoms with Crippen LogP contribution in [0.15, 0.2) is 158 Å². The van der Waals surface area contributed by atoms with E-state index in [1.807, 2.05) is 24.3 Å². The summed E-state index contributed by atoms with van der Waals surface area (Å²) in [5.74, 6) is 0.707. The summed E-state index contributed by atoms with van der Waals surface area (Å²) < 4.78 is 12.6. The number of nitrogens with zero attached hydrogens (tertiary/aromatic N) is 2. The summed E-state index contributed by atoms with van der Waals surface area (Å²) in [5, 5.41) is 6.76. The van der Waals surface area contributed by atoms with Crippen molar-refractivity contribution in [1.29, 1.82) is 0 Å². The van der Waals surface area contributed by atoms with E-state index in [2.05, 4.69) is 123 Å². The van der Waals surface area contributed by atoms with Gasteiger partial charge in [-0.2, -0.15) is 0 Å². The molecule has 1 aliphatic heterocycles. The van der Waals surface area contributed by atoms with Crippen LogP contribution in [-0.2, 0) is 0 Å². The van der Waals surface area contributed by atoms with E-state index in [0.717, 1.165) is 84.0 Å². The van der Waals surface area contributed by atoms with E-state index in [1.165, 1.54) is 16.3 Å². The second-order valence-corrected chi connectivity index (χ2v) is 13.2. The lowest BCUT2D eigenvalue weighted by molar-refractivity contribution is 0.549. The number of allylic oxidation sites excluding steroid dienone is 4. The number of rotatable bonds is 3. The first kappa shape index (κ1) is 27.1. The van der Waals surface area contributed by atoms with Gasteiger partial charge in [-0.05, 0) is 90.2 Å². The van der Waals surface area contributed by atoms with Crippen LogP contribution in [0.4, 0.5) is 0 Å². The summed E-state index contributed by atoms with van der Waals surface area (Å²) in [4.78, 5) is 10.8. The van der Waals surface area contributed by atoms with Crippen molar-refractivity contribution in [3.63, 3.8) is 0 Å². The first-order chi connectivity index (χ1) is 23.5. The molecule has 0 bridgehead atoms. The van der Waals surface area contributed by atoms with Gasteiger partial charge in [0.25, 0.3) is 0 Å². The van der Waals surface area contributed by atoms with E-state index >= 15 is 0 Å². The highest BCUT2D eigenvalue weighted by molar-refractivity contribution is 6.26. The molecule has 0 fully saturated rings. The molecule has 228 valence electrons. The van der Waals surface area contributed by atoms with E-state index in [1.54, 1.807) is 0 Å². The van der Waals surface area contributed by atoms with Crippen molar-refractivity contribution in [1.82, 2.24) is 0 Å². The summed E-state index contributed by atoms with van der Waals surface area (Å²) in [7, 11) is 0. The predicted molar refractivity (Wildman–Crippen MR) is 198 cm³/mol. The zero-order valence-corrected chi connectivity index (χ0v) is 26.6. The molecule has 6 aromatic carbocycles. The van der Waals surface area contributed by atoms with E-state index in [9.17, 15) is 0 Å². The lowest BCUT2D eigenvalue weighted by Gasteiger charge is -2.36. The number of benzene rings is 6. The summed E-state index contributed by atoms with van der Waals surface area (Å²) in [6.45, 7) is 4.45. The van der Waals surface area contributed by atoms with Crippen LogP contribution >= 0.6 is 0 Å². The molecule has 0 saturated heterocycles. The van der Waals surface area contributed by atoms with Gasteiger partial charge in [0.1, 0.15) is 22.3 Å². The van der Waals surface area contributed by atoms with E-state index in [-0.39, 0.29) is 5.41 Å². The van der Waals surface area contributed by atoms with Gasteiger partial charge < -0.3 is 8.83 Å². The third-order valence-corrected chi connectivity index (χ3v) is 10.3. The molecule has 2 aromatic heterocycles. The number of hydrogen-bond acceptors (Lipinski definition) is 4. The quantitative estimate of drug-likeness (QED) is 0.198. The molecule has 0 spiro atoms. The largest absolute Gasteiger partial charge is 0.456 e. The molecule has 48 heavy (non-hydrogen) atoms. The van der Waals surface area contributed by atoms with Crippen LogP contribution in [0, 0.1) is 12.3 Å². The van der Waals surface area contributed by atoms with Gasteiger partial charge in [-0.15, -0.1) is 0 Å². The number of fused-ring (bicyclic) bond motifs is 8. The molecular weight excluding hydrogens is 588 g/mol.